The van der Waals surface area contributed by atoms with Gasteiger partial charge in [-0.1, -0.05) is 35.9 Å². The molecule has 0 radical (unpaired) electrons. The molecule has 1 unspecified atom stereocenters. The highest BCUT2D eigenvalue weighted by atomic mass is 16.5. The fourth-order valence-electron chi connectivity index (χ4n) is 4.44. The summed E-state index contributed by atoms with van der Waals surface area (Å²) in [5, 5.41) is 2.75. The molecule has 2 heterocycles. The van der Waals surface area contributed by atoms with Crippen LogP contribution in [0.5, 0.6) is 5.75 Å². The van der Waals surface area contributed by atoms with Gasteiger partial charge < -0.3 is 19.9 Å². The van der Waals surface area contributed by atoms with Gasteiger partial charge in [0.05, 0.1) is 5.41 Å². The highest BCUT2D eigenvalue weighted by Crippen LogP contribution is 2.47. The van der Waals surface area contributed by atoms with Gasteiger partial charge in [-0.05, 0) is 44.0 Å². The van der Waals surface area contributed by atoms with Gasteiger partial charge in [-0.15, -0.1) is 0 Å². The number of rotatable bonds is 6. The number of benzene rings is 2. The van der Waals surface area contributed by atoms with E-state index in [4.69, 9.17) is 4.74 Å². The maximum atomic E-state index is 13.5. The second kappa shape index (κ2) is 8.41. The Labute approximate surface area is 182 Å². The number of likely N-dealkylation sites (N-methyl/N-ethyl adjacent to an activating group) is 1. The van der Waals surface area contributed by atoms with Crippen molar-refractivity contribution >= 4 is 23.4 Å². The zero-order valence-corrected chi connectivity index (χ0v) is 17.9. The normalized spacial score (nSPS) is 19.6. The molecule has 162 valence electrons. The van der Waals surface area contributed by atoms with Crippen LogP contribution in [0.1, 0.15) is 24.5 Å². The molecule has 7 nitrogen and oxygen atoms in total. The Hall–Kier alpha value is -3.35. The predicted molar refractivity (Wildman–Crippen MR) is 117 cm³/mol. The Morgan fingerprint density at radius 1 is 1.13 bits per heavy atom. The van der Waals surface area contributed by atoms with Crippen LogP contribution in [0.15, 0.2) is 48.5 Å². The zero-order chi connectivity index (χ0) is 22.0. The van der Waals surface area contributed by atoms with Gasteiger partial charge in [-0.25, -0.2) is 0 Å². The summed E-state index contributed by atoms with van der Waals surface area (Å²) < 4.78 is 5.64. The molecule has 2 aromatic rings. The minimum absolute atomic E-state index is 0.0179. The fourth-order valence-corrected chi connectivity index (χ4v) is 4.44. The molecule has 0 bridgehead atoms. The lowest BCUT2D eigenvalue weighted by atomic mass is 9.81. The van der Waals surface area contributed by atoms with Crippen LogP contribution in [-0.2, 0) is 19.8 Å². The van der Waals surface area contributed by atoms with Crippen molar-refractivity contribution < 1.29 is 19.1 Å². The van der Waals surface area contributed by atoms with Crippen molar-refractivity contribution in [3.05, 3.63) is 59.7 Å². The smallest absolute Gasteiger partial charge is 0.260 e. The number of hydrogen-bond acceptors (Lipinski definition) is 4. The Bertz CT molecular complexity index is 1000. The highest BCUT2D eigenvalue weighted by molar-refractivity contribution is 6.11. The van der Waals surface area contributed by atoms with Crippen molar-refractivity contribution in [1.29, 1.82) is 0 Å². The highest BCUT2D eigenvalue weighted by Gasteiger charge is 2.55. The summed E-state index contributed by atoms with van der Waals surface area (Å²) in [6.07, 6.45) is 0.533. The largest absolute Gasteiger partial charge is 0.484 e. The van der Waals surface area contributed by atoms with Crippen molar-refractivity contribution in [2.45, 2.75) is 25.7 Å². The standard InChI is InChI=1S/C24H27N3O4/c1-3-25-21(28)14-27-20-7-5-4-6-19(20)24(23(27)30)12-13-26(16-24)22(29)15-31-18-10-8-17(2)9-11-18/h4-11H,3,12-16H2,1-2H3,(H,25,28). The monoisotopic (exact) mass is 421 g/mol. The summed E-state index contributed by atoms with van der Waals surface area (Å²) in [4.78, 5) is 41.7. The predicted octanol–water partition coefficient (Wildman–Crippen LogP) is 2.03. The minimum Gasteiger partial charge on any atom is -0.484 e. The molecule has 1 saturated heterocycles. The van der Waals surface area contributed by atoms with Gasteiger partial charge in [0.2, 0.25) is 11.8 Å². The quantitative estimate of drug-likeness (QED) is 0.774. The first kappa shape index (κ1) is 20.9. The van der Waals surface area contributed by atoms with E-state index >= 15 is 0 Å². The molecular weight excluding hydrogens is 394 g/mol. The minimum atomic E-state index is -0.803. The van der Waals surface area contributed by atoms with Crippen LogP contribution < -0.4 is 15.0 Å². The molecule has 1 N–H and O–H groups in total. The Balaban J connectivity index is 1.49. The molecule has 4 rings (SSSR count). The summed E-state index contributed by atoms with van der Waals surface area (Å²) in [6, 6.07) is 15.1. The molecule has 1 fully saturated rings. The molecule has 0 aliphatic carbocycles. The molecule has 31 heavy (non-hydrogen) atoms. The number of para-hydroxylation sites is 1. The SMILES string of the molecule is CCNC(=O)CN1C(=O)C2(CCN(C(=O)COc3ccc(C)cc3)C2)c2ccccc21. The lowest BCUT2D eigenvalue weighted by Gasteiger charge is -2.24. The third kappa shape index (κ3) is 3.87. The van der Waals surface area contributed by atoms with E-state index in [2.05, 4.69) is 5.32 Å². The molecule has 7 heteroatoms. The summed E-state index contributed by atoms with van der Waals surface area (Å²) in [7, 11) is 0. The Kier molecular flexibility index (Phi) is 5.67. The maximum Gasteiger partial charge on any atom is 0.260 e. The summed E-state index contributed by atoms with van der Waals surface area (Å²) >= 11 is 0. The summed E-state index contributed by atoms with van der Waals surface area (Å²) in [5.41, 5.74) is 1.96. The number of ether oxygens (including phenoxy) is 1. The Morgan fingerprint density at radius 3 is 2.61 bits per heavy atom. The fraction of sp³-hybridized carbons (Fsp3) is 0.375. The molecule has 2 aliphatic heterocycles. The van der Waals surface area contributed by atoms with E-state index in [1.54, 1.807) is 9.80 Å². The first-order chi connectivity index (χ1) is 14.9. The third-order valence-electron chi connectivity index (χ3n) is 6.05. The zero-order valence-electron chi connectivity index (χ0n) is 17.9. The molecule has 3 amide bonds. The number of aryl methyl sites for hydroxylation is 1. The maximum absolute atomic E-state index is 13.5. The number of likely N-dealkylation sites (tertiary alicyclic amines) is 1. The van der Waals surface area contributed by atoms with E-state index in [0.717, 1.165) is 16.8 Å². The molecule has 0 saturated carbocycles. The number of anilines is 1. The van der Waals surface area contributed by atoms with E-state index in [9.17, 15) is 14.4 Å². The molecular formula is C24H27N3O4. The Morgan fingerprint density at radius 2 is 1.87 bits per heavy atom. The van der Waals surface area contributed by atoms with Crippen molar-refractivity contribution in [2.75, 3.05) is 37.7 Å². The second-order valence-electron chi connectivity index (χ2n) is 8.11. The van der Waals surface area contributed by atoms with Crippen molar-refractivity contribution in [3.63, 3.8) is 0 Å². The van der Waals surface area contributed by atoms with E-state index in [1.807, 2.05) is 62.4 Å². The molecule has 1 atom stereocenters. The van der Waals surface area contributed by atoms with Gasteiger partial charge >= 0.3 is 0 Å². The van der Waals surface area contributed by atoms with E-state index < -0.39 is 5.41 Å². The first-order valence-electron chi connectivity index (χ1n) is 10.6. The van der Waals surface area contributed by atoms with Crippen LogP contribution in [0.4, 0.5) is 5.69 Å². The van der Waals surface area contributed by atoms with Gasteiger partial charge in [0.15, 0.2) is 6.61 Å². The average Bonchev–Trinajstić information content (AvgIpc) is 3.31. The van der Waals surface area contributed by atoms with Gasteiger partial charge in [0.1, 0.15) is 12.3 Å². The third-order valence-corrected chi connectivity index (χ3v) is 6.05. The van der Waals surface area contributed by atoms with Crippen LogP contribution in [0.3, 0.4) is 0 Å². The van der Waals surface area contributed by atoms with Crippen LogP contribution in [0, 0.1) is 6.92 Å². The average molecular weight is 421 g/mol. The number of carbonyl (C=O) groups excluding carboxylic acids is 3. The lowest BCUT2D eigenvalue weighted by molar-refractivity contribution is -0.133. The number of nitrogens with one attached hydrogen (secondary N) is 1. The number of fused-ring (bicyclic) bond motifs is 2. The van der Waals surface area contributed by atoms with Crippen LogP contribution in [0.2, 0.25) is 0 Å². The van der Waals surface area contributed by atoms with Crippen LogP contribution >= 0.6 is 0 Å². The van der Waals surface area contributed by atoms with Crippen molar-refractivity contribution in [3.8, 4) is 5.75 Å². The van der Waals surface area contributed by atoms with Gasteiger partial charge in [0.25, 0.3) is 5.91 Å². The van der Waals surface area contributed by atoms with Gasteiger partial charge in [-0.2, -0.15) is 0 Å². The van der Waals surface area contributed by atoms with Gasteiger partial charge in [-0.3, -0.25) is 14.4 Å². The van der Waals surface area contributed by atoms with Crippen LogP contribution in [-0.4, -0.2) is 55.4 Å². The van der Waals surface area contributed by atoms with Crippen molar-refractivity contribution in [2.24, 2.45) is 0 Å². The van der Waals surface area contributed by atoms with Crippen molar-refractivity contribution in [1.82, 2.24) is 10.2 Å². The molecule has 2 aromatic carbocycles. The number of hydrogen-bond donors (Lipinski definition) is 1. The van der Waals surface area contributed by atoms with Crippen LogP contribution in [0.25, 0.3) is 0 Å². The van der Waals surface area contributed by atoms with E-state index in [-0.39, 0.29) is 30.9 Å². The lowest BCUT2D eigenvalue weighted by Crippen LogP contribution is -2.46. The van der Waals surface area contributed by atoms with E-state index in [0.29, 0.717) is 31.8 Å². The summed E-state index contributed by atoms with van der Waals surface area (Å²) in [6.45, 7) is 5.03. The van der Waals surface area contributed by atoms with E-state index in [1.165, 1.54) is 0 Å². The number of amides is 3. The second-order valence-corrected chi connectivity index (χ2v) is 8.11. The molecule has 0 aromatic heterocycles. The first-order valence-corrected chi connectivity index (χ1v) is 10.6. The molecule has 2 aliphatic rings. The molecule has 1 spiro atoms. The number of nitrogens with zero attached hydrogens (tertiary/aromatic N) is 2. The van der Waals surface area contributed by atoms with Gasteiger partial charge in [0, 0.05) is 25.3 Å². The summed E-state index contributed by atoms with van der Waals surface area (Å²) in [5.74, 6) is 0.183. The number of carbonyl (C=O) groups is 3. The topological polar surface area (TPSA) is 79.0 Å².